The molecule has 3 heterocycles. The van der Waals surface area contributed by atoms with Crippen LogP contribution in [0.15, 0.2) is 0 Å². The van der Waals surface area contributed by atoms with Crippen LogP contribution < -0.4 is 0 Å². The summed E-state index contributed by atoms with van der Waals surface area (Å²) in [4.78, 5) is 15.2. The van der Waals surface area contributed by atoms with Crippen LogP contribution in [0.4, 0.5) is 0 Å². The predicted molar refractivity (Wildman–Crippen MR) is 95.1 cm³/mol. The Morgan fingerprint density at radius 1 is 1.28 bits per heavy atom. The van der Waals surface area contributed by atoms with Crippen molar-refractivity contribution in [3.63, 3.8) is 0 Å². The van der Waals surface area contributed by atoms with E-state index in [4.69, 9.17) is 9.47 Å². The second-order valence-electron chi connectivity index (χ2n) is 10.1. The molecule has 4 nitrogen and oxygen atoms in total. The number of fused-ring (bicyclic) bond motifs is 3. The predicted octanol–water partition coefficient (Wildman–Crippen LogP) is 3.25. The maximum atomic E-state index is 12.7. The van der Waals surface area contributed by atoms with Crippen molar-refractivity contribution in [2.75, 3.05) is 26.2 Å². The third kappa shape index (κ3) is 2.66. The van der Waals surface area contributed by atoms with E-state index in [0.717, 1.165) is 45.0 Å². The molecule has 3 aliphatic heterocycles. The van der Waals surface area contributed by atoms with Crippen LogP contribution in [0.3, 0.4) is 0 Å². The first-order valence-electron chi connectivity index (χ1n) is 10.6. The summed E-state index contributed by atoms with van der Waals surface area (Å²) in [6.07, 6.45) is 8.74. The first kappa shape index (κ1) is 16.6. The summed E-state index contributed by atoms with van der Waals surface area (Å²) in [6, 6.07) is 0. The van der Waals surface area contributed by atoms with Crippen LogP contribution >= 0.6 is 0 Å². The van der Waals surface area contributed by atoms with Crippen LogP contribution in [-0.4, -0.2) is 48.8 Å². The fraction of sp³-hybridized carbons (Fsp3) is 0.952. The van der Waals surface area contributed by atoms with E-state index in [0.29, 0.717) is 17.3 Å². The van der Waals surface area contributed by atoms with Crippen molar-refractivity contribution in [2.45, 2.75) is 70.5 Å². The highest BCUT2D eigenvalue weighted by Gasteiger charge is 2.65. The molecular formula is C21H33NO3. The van der Waals surface area contributed by atoms with Crippen molar-refractivity contribution in [1.82, 2.24) is 4.90 Å². The summed E-state index contributed by atoms with van der Waals surface area (Å²) in [5.74, 6) is 1.99. The Morgan fingerprint density at radius 3 is 2.88 bits per heavy atom. The Kier molecular flexibility index (Phi) is 3.77. The van der Waals surface area contributed by atoms with Crippen molar-refractivity contribution in [1.29, 1.82) is 0 Å². The zero-order valence-electron chi connectivity index (χ0n) is 15.8. The van der Waals surface area contributed by atoms with Crippen molar-refractivity contribution in [3.05, 3.63) is 0 Å². The van der Waals surface area contributed by atoms with Crippen LogP contribution in [0, 0.1) is 29.1 Å². The van der Waals surface area contributed by atoms with E-state index in [1.54, 1.807) is 0 Å². The van der Waals surface area contributed by atoms with Gasteiger partial charge in [-0.3, -0.25) is 4.79 Å². The molecule has 5 fully saturated rings. The second kappa shape index (κ2) is 5.69. The lowest BCUT2D eigenvalue weighted by atomic mass is 9.53. The Hall–Kier alpha value is -0.610. The molecule has 5 rings (SSSR count). The zero-order valence-corrected chi connectivity index (χ0v) is 15.8. The molecule has 1 spiro atoms. The number of rotatable bonds is 2. The Morgan fingerprint density at radius 2 is 2.12 bits per heavy atom. The van der Waals surface area contributed by atoms with Gasteiger partial charge in [0.2, 0.25) is 0 Å². The van der Waals surface area contributed by atoms with E-state index in [1.165, 1.54) is 32.1 Å². The maximum absolute atomic E-state index is 12.7. The van der Waals surface area contributed by atoms with Gasteiger partial charge in [0.1, 0.15) is 6.10 Å². The van der Waals surface area contributed by atoms with Gasteiger partial charge in [-0.05, 0) is 68.7 Å². The molecule has 0 radical (unpaired) electrons. The molecule has 0 unspecified atom stereocenters. The van der Waals surface area contributed by atoms with E-state index in [-0.39, 0.29) is 23.6 Å². The van der Waals surface area contributed by atoms with Crippen LogP contribution in [0.2, 0.25) is 0 Å². The van der Waals surface area contributed by atoms with Crippen LogP contribution in [0.25, 0.3) is 0 Å². The molecule has 0 aromatic heterocycles. The van der Waals surface area contributed by atoms with Gasteiger partial charge in [-0.25, -0.2) is 0 Å². The monoisotopic (exact) mass is 347 g/mol. The third-order valence-corrected chi connectivity index (χ3v) is 8.28. The average molecular weight is 347 g/mol. The molecule has 0 N–H and O–H groups in total. The van der Waals surface area contributed by atoms with E-state index >= 15 is 0 Å². The molecule has 0 bridgehead atoms. The standard InChI is InChI=1S/C21H33NO3/c1-14-5-3-8-22(11-14)12-16-15-9-18-20(2,10-17(15)25-19(16)23)6-4-7-21(18)13-24-21/h14-18H,3-13H2,1-2H3/t14-,15+,16+,17+,18+,20+,21-/m0/s1. The lowest BCUT2D eigenvalue weighted by molar-refractivity contribution is -0.147. The molecular weight excluding hydrogens is 314 g/mol. The topological polar surface area (TPSA) is 42.1 Å². The minimum atomic E-state index is 0.0845. The highest BCUT2D eigenvalue weighted by molar-refractivity contribution is 5.75. The van der Waals surface area contributed by atoms with E-state index in [9.17, 15) is 4.79 Å². The summed E-state index contributed by atoms with van der Waals surface area (Å²) in [7, 11) is 0. The third-order valence-electron chi connectivity index (χ3n) is 8.28. The Labute approximate surface area is 151 Å². The number of ether oxygens (including phenoxy) is 2. The molecule has 3 saturated heterocycles. The number of piperidine rings is 1. The SMILES string of the molecule is C[C@H]1CCCN(C[C@H]2C(=O)O[C@@H]3C[C@@]4(C)CCC[C@]5(CO5)[C@@H]4C[C@@H]32)C1. The normalized spacial score (nSPS) is 52.6. The number of likely N-dealkylation sites (tertiary alicyclic amines) is 1. The minimum Gasteiger partial charge on any atom is -0.462 e. The molecule has 5 aliphatic rings. The van der Waals surface area contributed by atoms with E-state index in [2.05, 4.69) is 18.7 Å². The molecule has 7 atom stereocenters. The number of carbonyl (C=O) groups is 1. The average Bonchev–Trinajstić information content (AvgIpc) is 3.26. The molecule has 0 amide bonds. The van der Waals surface area contributed by atoms with Gasteiger partial charge in [0.25, 0.3) is 0 Å². The zero-order chi connectivity index (χ0) is 17.2. The van der Waals surface area contributed by atoms with Crippen molar-refractivity contribution in [2.24, 2.45) is 29.1 Å². The van der Waals surface area contributed by atoms with Gasteiger partial charge in [0.15, 0.2) is 0 Å². The Balaban J connectivity index is 1.34. The summed E-state index contributed by atoms with van der Waals surface area (Å²) < 4.78 is 12.0. The summed E-state index contributed by atoms with van der Waals surface area (Å²) in [6.45, 7) is 8.94. The number of hydrogen-bond acceptors (Lipinski definition) is 4. The molecule has 25 heavy (non-hydrogen) atoms. The Bertz CT molecular complexity index is 559. The van der Waals surface area contributed by atoms with Gasteiger partial charge in [-0.2, -0.15) is 0 Å². The molecule has 140 valence electrons. The second-order valence-corrected chi connectivity index (χ2v) is 10.1. The highest BCUT2D eigenvalue weighted by atomic mass is 16.6. The van der Waals surface area contributed by atoms with E-state index in [1.807, 2.05) is 0 Å². The number of epoxide rings is 1. The number of hydrogen-bond donors (Lipinski definition) is 0. The molecule has 2 aliphatic carbocycles. The number of esters is 1. The molecule has 0 aromatic rings. The largest absolute Gasteiger partial charge is 0.462 e. The summed E-state index contributed by atoms with van der Waals surface area (Å²) in [5.41, 5.74) is 0.471. The van der Waals surface area contributed by atoms with Gasteiger partial charge in [-0.15, -0.1) is 0 Å². The lowest BCUT2D eigenvalue weighted by Crippen LogP contribution is -2.51. The minimum absolute atomic E-state index is 0.0845. The van der Waals surface area contributed by atoms with Crippen LogP contribution in [0.1, 0.15) is 58.8 Å². The van der Waals surface area contributed by atoms with Gasteiger partial charge < -0.3 is 14.4 Å². The van der Waals surface area contributed by atoms with Crippen molar-refractivity contribution in [3.8, 4) is 0 Å². The molecule has 0 aromatic carbocycles. The highest BCUT2D eigenvalue weighted by Crippen LogP contribution is 2.62. The van der Waals surface area contributed by atoms with E-state index < -0.39 is 0 Å². The van der Waals surface area contributed by atoms with Gasteiger partial charge in [0, 0.05) is 19.0 Å². The number of carbonyl (C=O) groups excluding carboxylic acids is 1. The van der Waals surface area contributed by atoms with Crippen LogP contribution in [0.5, 0.6) is 0 Å². The van der Waals surface area contributed by atoms with Crippen molar-refractivity contribution >= 4 is 5.97 Å². The van der Waals surface area contributed by atoms with Crippen LogP contribution in [-0.2, 0) is 14.3 Å². The smallest absolute Gasteiger partial charge is 0.310 e. The first-order chi connectivity index (χ1) is 12.0. The summed E-state index contributed by atoms with van der Waals surface area (Å²) in [5, 5.41) is 0. The maximum Gasteiger partial charge on any atom is 0.310 e. The molecule has 2 saturated carbocycles. The van der Waals surface area contributed by atoms with Crippen molar-refractivity contribution < 1.29 is 14.3 Å². The fourth-order valence-electron chi connectivity index (χ4n) is 6.90. The lowest BCUT2D eigenvalue weighted by Gasteiger charge is -2.51. The van der Waals surface area contributed by atoms with Gasteiger partial charge in [0.05, 0.1) is 18.1 Å². The fourth-order valence-corrected chi connectivity index (χ4v) is 6.90. The quantitative estimate of drug-likeness (QED) is 0.568. The number of nitrogens with zero attached hydrogens (tertiary/aromatic N) is 1. The first-order valence-corrected chi connectivity index (χ1v) is 10.6. The molecule has 4 heteroatoms. The van der Waals surface area contributed by atoms with Gasteiger partial charge >= 0.3 is 5.97 Å². The van der Waals surface area contributed by atoms with Gasteiger partial charge in [-0.1, -0.05) is 13.8 Å². The summed E-state index contributed by atoms with van der Waals surface area (Å²) >= 11 is 0.